The first-order valence-electron chi connectivity index (χ1n) is 9.62. The maximum Gasteiger partial charge on any atom is 0.259 e. The Kier molecular flexibility index (Phi) is 5.85. The van der Waals surface area contributed by atoms with Crippen LogP contribution in [0.4, 0.5) is 0 Å². The second-order valence-corrected chi connectivity index (χ2v) is 7.01. The van der Waals surface area contributed by atoms with Crippen LogP contribution in [0.3, 0.4) is 0 Å². The Hall–Kier alpha value is -2.16. The summed E-state index contributed by atoms with van der Waals surface area (Å²) < 4.78 is 0. The highest BCUT2D eigenvalue weighted by molar-refractivity contribution is 6.26. The van der Waals surface area contributed by atoms with Gasteiger partial charge in [-0.1, -0.05) is 76.1 Å². The Balaban J connectivity index is 1.66. The maximum atomic E-state index is 12.4. The number of carbonyl (C=O) groups is 2. The van der Waals surface area contributed by atoms with Gasteiger partial charge in [-0.25, -0.2) is 0 Å². The van der Waals surface area contributed by atoms with Crippen LogP contribution in [0.15, 0.2) is 30.3 Å². The lowest BCUT2D eigenvalue weighted by Gasteiger charge is -2.19. The molecule has 3 heteroatoms. The van der Waals surface area contributed by atoms with Crippen LogP contribution in [0.2, 0.25) is 0 Å². The Morgan fingerprint density at radius 3 is 2.28 bits per heavy atom. The zero-order chi connectivity index (χ0) is 17.6. The molecule has 2 amide bonds. The van der Waals surface area contributed by atoms with Crippen LogP contribution in [-0.2, 0) is 6.42 Å². The van der Waals surface area contributed by atoms with Crippen molar-refractivity contribution in [2.24, 2.45) is 0 Å². The standard InChI is InChI=1S/C22H27NO2/c1-2-3-4-5-6-7-8-9-11-17-15-14-16-12-10-13-18-19(16)20(17)22(25)23-21(18)24/h10,12-15H,2-9,11H2,1H3,(H,23,24,25). The lowest BCUT2D eigenvalue weighted by atomic mass is 9.89. The highest BCUT2D eigenvalue weighted by atomic mass is 16.2. The van der Waals surface area contributed by atoms with E-state index >= 15 is 0 Å². The van der Waals surface area contributed by atoms with E-state index < -0.39 is 0 Å². The summed E-state index contributed by atoms with van der Waals surface area (Å²) in [4.78, 5) is 24.5. The van der Waals surface area contributed by atoms with Crippen LogP contribution in [0.5, 0.6) is 0 Å². The smallest absolute Gasteiger partial charge is 0.259 e. The Morgan fingerprint density at radius 2 is 1.52 bits per heavy atom. The van der Waals surface area contributed by atoms with Crippen LogP contribution < -0.4 is 5.32 Å². The first kappa shape index (κ1) is 17.7. The number of nitrogens with one attached hydrogen (secondary N) is 1. The van der Waals surface area contributed by atoms with Crippen molar-refractivity contribution in [1.29, 1.82) is 0 Å². The van der Waals surface area contributed by atoms with Crippen molar-refractivity contribution < 1.29 is 9.59 Å². The summed E-state index contributed by atoms with van der Waals surface area (Å²) in [5.74, 6) is -0.531. The molecule has 0 fully saturated rings. The molecule has 0 aliphatic carbocycles. The highest BCUT2D eigenvalue weighted by Gasteiger charge is 2.26. The third kappa shape index (κ3) is 3.92. The molecule has 0 saturated heterocycles. The van der Waals surface area contributed by atoms with Crippen LogP contribution >= 0.6 is 0 Å². The molecule has 0 bridgehead atoms. The molecule has 2 aromatic rings. The fraction of sp³-hybridized carbons (Fsp3) is 0.455. The summed E-state index contributed by atoms with van der Waals surface area (Å²) in [6.07, 6.45) is 11.1. The van der Waals surface area contributed by atoms with Crippen molar-refractivity contribution >= 4 is 22.6 Å². The molecule has 25 heavy (non-hydrogen) atoms. The summed E-state index contributed by atoms with van der Waals surface area (Å²) in [6, 6.07) is 9.73. The maximum absolute atomic E-state index is 12.4. The molecule has 0 atom stereocenters. The molecule has 0 radical (unpaired) electrons. The second-order valence-electron chi connectivity index (χ2n) is 7.01. The molecule has 1 aliphatic rings. The molecule has 2 aromatic carbocycles. The minimum Gasteiger partial charge on any atom is -0.288 e. The Bertz CT molecular complexity index is 779. The average Bonchev–Trinajstić information content (AvgIpc) is 2.62. The predicted octanol–water partition coefficient (Wildman–Crippen LogP) is 5.41. The zero-order valence-corrected chi connectivity index (χ0v) is 15.1. The van der Waals surface area contributed by atoms with E-state index in [1.165, 1.54) is 44.9 Å². The number of hydrogen-bond donors (Lipinski definition) is 1. The van der Waals surface area contributed by atoms with E-state index in [1.807, 2.05) is 18.2 Å². The van der Waals surface area contributed by atoms with E-state index in [0.29, 0.717) is 11.1 Å². The van der Waals surface area contributed by atoms with Crippen molar-refractivity contribution in [3.63, 3.8) is 0 Å². The Morgan fingerprint density at radius 1 is 0.800 bits per heavy atom. The van der Waals surface area contributed by atoms with Gasteiger partial charge in [-0.2, -0.15) is 0 Å². The van der Waals surface area contributed by atoms with Gasteiger partial charge < -0.3 is 0 Å². The minimum atomic E-state index is -0.285. The number of unbranched alkanes of at least 4 members (excludes halogenated alkanes) is 7. The largest absolute Gasteiger partial charge is 0.288 e. The number of carbonyl (C=O) groups excluding carboxylic acids is 2. The highest BCUT2D eigenvalue weighted by Crippen LogP contribution is 2.30. The van der Waals surface area contributed by atoms with Gasteiger partial charge in [-0.05, 0) is 29.9 Å². The summed E-state index contributed by atoms with van der Waals surface area (Å²) in [5, 5.41) is 4.28. The molecular formula is C22H27NO2. The van der Waals surface area contributed by atoms with Gasteiger partial charge in [0.25, 0.3) is 11.8 Å². The average molecular weight is 337 g/mol. The van der Waals surface area contributed by atoms with Gasteiger partial charge in [0, 0.05) is 10.9 Å². The van der Waals surface area contributed by atoms with E-state index in [1.54, 1.807) is 6.07 Å². The van der Waals surface area contributed by atoms with Crippen molar-refractivity contribution in [1.82, 2.24) is 5.32 Å². The number of aryl methyl sites for hydroxylation is 1. The normalized spacial score (nSPS) is 13.3. The zero-order valence-electron chi connectivity index (χ0n) is 15.1. The van der Waals surface area contributed by atoms with Crippen molar-refractivity contribution in [3.05, 3.63) is 47.0 Å². The van der Waals surface area contributed by atoms with E-state index in [-0.39, 0.29) is 11.8 Å². The topological polar surface area (TPSA) is 46.2 Å². The van der Waals surface area contributed by atoms with E-state index in [0.717, 1.165) is 29.2 Å². The van der Waals surface area contributed by atoms with Gasteiger partial charge in [0.1, 0.15) is 0 Å². The van der Waals surface area contributed by atoms with Gasteiger partial charge >= 0.3 is 0 Å². The van der Waals surface area contributed by atoms with Gasteiger partial charge in [0.15, 0.2) is 0 Å². The number of benzene rings is 2. The summed E-state index contributed by atoms with van der Waals surface area (Å²) in [5.41, 5.74) is 2.39. The quantitative estimate of drug-likeness (QED) is 0.491. The molecule has 0 aromatic heterocycles. The monoisotopic (exact) mass is 337 g/mol. The van der Waals surface area contributed by atoms with E-state index in [2.05, 4.69) is 18.3 Å². The van der Waals surface area contributed by atoms with Crippen LogP contribution in [0.1, 0.15) is 84.6 Å². The molecule has 1 aliphatic heterocycles. The number of rotatable bonds is 9. The molecular weight excluding hydrogens is 310 g/mol. The number of amides is 2. The number of imide groups is 1. The van der Waals surface area contributed by atoms with E-state index in [4.69, 9.17) is 0 Å². The molecule has 3 nitrogen and oxygen atoms in total. The van der Waals surface area contributed by atoms with Crippen molar-refractivity contribution in [3.8, 4) is 0 Å². The van der Waals surface area contributed by atoms with Crippen LogP contribution in [-0.4, -0.2) is 11.8 Å². The summed E-state index contributed by atoms with van der Waals surface area (Å²) >= 11 is 0. The first-order valence-corrected chi connectivity index (χ1v) is 9.62. The predicted molar refractivity (Wildman–Crippen MR) is 102 cm³/mol. The van der Waals surface area contributed by atoms with E-state index in [9.17, 15) is 9.59 Å². The molecule has 0 saturated carbocycles. The van der Waals surface area contributed by atoms with Crippen LogP contribution in [0.25, 0.3) is 10.8 Å². The summed E-state index contributed by atoms with van der Waals surface area (Å²) in [6.45, 7) is 2.24. The minimum absolute atomic E-state index is 0.246. The van der Waals surface area contributed by atoms with Gasteiger partial charge in [0.05, 0.1) is 5.56 Å². The molecule has 1 heterocycles. The first-order chi connectivity index (χ1) is 12.2. The second kappa shape index (κ2) is 8.28. The van der Waals surface area contributed by atoms with Crippen molar-refractivity contribution in [2.75, 3.05) is 0 Å². The summed E-state index contributed by atoms with van der Waals surface area (Å²) in [7, 11) is 0. The third-order valence-electron chi connectivity index (χ3n) is 5.13. The van der Waals surface area contributed by atoms with Crippen molar-refractivity contribution in [2.45, 2.75) is 64.7 Å². The molecule has 0 spiro atoms. The Labute approximate surface area is 149 Å². The van der Waals surface area contributed by atoms with Gasteiger partial charge in [0.2, 0.25) is 0 Å². The molecule has 132 valence electrons. The third-order valence-corrected chi connectivity index (χ3v) is 5.13. The van der Waals surface area contributed by atoms with Gasteiger partial charge in [-0.3, -0.25) is 14.9 Å². The fourth-order valence-corrected chi connectivity index (χ4v) is 3.76. The fourth-order valence-electron chi connectivity index (χ4n) is 3.76. The molecule has 3 rings (SSSR count). The SMILES string of the molecule is CCCCCCCCCCc1ccc2cccc3c2c1C(=O)NC3=O. The van der Waals surface area contributed by atoms with Crippen LogP contribution in [0, 0.1) is 0 Å². The lowest BCUT2D eigenvalue weighted by Crippen LogP contribution is -2.35. The molecule has 0 unspecified atom stereocenters. The number of hydrogen-bond acceptors (Lipinski definition) is 2. The van der Waals surface area contributed by atoms with Gasteiger partial charge in [-0.15, -0.1) is 0 Å². The lowest BCUT2D eigenvalue weighted by molar-refractivity contribution is 0.0844. The molecule has 1 N–H and O–H groups in total.